The Hall–Kier alpha value is -0.870. The molecule has 0 unspecified atom stereocenters. The molecular formula is C13H22N2OS. The van der Waals surface area contributed by atoms with Crippen LogP contribution < -0.4 is 11.1 Å². The van der Waals surface area contributed by atoms with Crippen LogP contribution in [0.1, 0.15) is 36.9 Å². The van der Waals surface area contributed by atoms with Gasteiger partial charge in [0.15, 0.2) is 0 Å². The first-order valence-electron chi connectivity index (χ1n) is 6.13. The molecule has 0 aliphatic rings. The van der Waals surface area contributed by atoms with Gasteiger partial charge < -0.3 is 11.1 Å². The number of aryl methyl sites for hydroxylation is 1. The minimum atomic E-state index is -0.388. The van der Waals surface area contributed by atoms with Crippen molar-refractivity contribution in [3.63, 3.8) is 0 Å². The van der Waals surface area contributed by atoms with Crippen molar-refractivity contribution in [2.24, 2.45) is 11.7 Å². The summed E-state index contributed by atoms with van der Waals surface area (Å²) in [7, 11) is 0. The molecule has 0 spiro atoms. The summed E-state index contributed by atoms with van der Waals surface area (Å²) in [5.41, 5.74) is 5.81. The van der Waals surface area contributed by atoms with Crippen molar-refractivity contribution < 1.29 is 4.79 Å². The smallest absolute Gasteiger partial charge is 0.237 e. The molecule has 1 aromatic heterocycles. The van der Waals surface area contributed by atoms with Crippen LogP contribution in [0.5, 0.6) is 0 Å². The van der Waals surface area contributed by atoms with E-state index in [9.17, 15) is 4.79 Å². The maximum Gasteiger partial charge on any atom is 0.237 e. The third kappa shape index (κ3) is 4.88. The van der Waals surface area contributed by atoms with Gasteiger partial charge in [-0.1, -0.05) is 20.8 Å². The summed E-state index contributed by atoms with van der Waals surface area (Å²) in [5.74, 6) is 0.398. The zero-order chi connectivity index (χ0) is 12.8. The third-order valence-electron chi connectivity index (χ3n) is 2.56. The van der Waals surface area contributed by atoms with Gasteiger partial charge in [0.05, 0.1) is 12.6 Å². The summed E-state index contributed by atoms with van der Waals surface area (Å²) in [5, 5.41) is 2.89. The van der Waals surface area contributed by atoms with Gasteiger partial charge >= 0.3 is 0 Å². The molecule has 0 saturated heterocycles. The second kappa shape index (κ2) is 6.77. The molecule has 0 saturated carbocycles. The number of thiophene rings is 1. The number of nitrogens with two attached hydrogens (primary N) is 1. The van der Waals surface area contributed by atoms with E-state index >= 15 is 0 Å². The fraction of sp³-hybridized carbons (Fsp3) is 0.615. The summed E-state index contributed by atoms with van der Waals surface area (Å²) in [6, 6.07) is 3.79. The largest absolute Gasteiger partial charge is 0.350 e. The highest BCUT2D eigenvalue weighted by Crippen LogP contribution is 2.16. The van der Waals surface area contributed by atoms with Gasteiger partial charge in [-0.2, -0.15) is 0 Å². The van der Waals surface area contributed by atoms with Crippen LogP contribution in [0.15, 0.2) is 12.1 Å². The number of amides is 1. The average Bonchev–Trinajstić information content (AvgIpc) is 2.72. The lowest BCUT2D eigenvalue weighted by Crippen LogP contribution is -2.40. The molecule has 0 bridgehead atoms. The van der Waals surface area contributed by atoms with Crippen LogP contribution in [-0.4, -0.2) is 11.9 Å². The lowest BCUT2D eigenvalue weighted by Gasteiger charge is -2.13. The van der Waals surface area contributed by atoms with Crippen molar-refractivity contribution >= 4 is 17.2 Å². The Labute approximate surface area is 107 Å². The van der Waals surface area contributed by atoms with Crippen molar-refractivity contribution in [2.45, 2.75) is 46.2 Å². The Morgan fingerprint density at radius 3 is 2.59 bits per heavy atom. The normalized spacial score (nSPS) is 12.8. The molecule has 1 rings (SSSR count). The number of nitrogens with one attached hydrogen (secondary N) is 1. The summed E-state index contributed by atoms with van der Waals surface area (Å²) in [6.07, 6.45) is 1.78. The van der Waals surface area contributed by atoms with Gasteiger partial charge in [0.2, 0.25) is 5.91 Å². The molecule has 0 radical (unpaired) electrons. The number of carbonyl (C=O) groups is 1. The second-order valence-corrected chi connectivity index (χ2v) is 5.93. The van der Waals surface area contributed by atoms with Gasteiger partial charge in [-0.25, -0.2) is 0 Å². The Kier molecular flexibility index (Phi) is 5.65. The fourth-order valence-electron chi connectivity index (χ4n) is 1.63. The number of hydrogen-bond donors (Lipinski definition) is 2. The molecule has 1 atom stereocenters. The van der Waals surface area contributed by atoms with E-state index in [4.69, 9.17) is 5.73 Å². The minimum Gasteiger partial charge on any atom is -0.350 e. The number of rotatable bonds is 6. The van der Waals surface area contributed by atoms with Crippen LogP contribution in [0.4, 0.5) is 0 Å². The predicted molar refractivity (Wildman–Crippen MR) is 73.0 cm³/mol. The highest BCUT2D eigenvalue weighted by Gasteiger charge is 2.14. The minimum absolute atomic E-state index is 0.0508. The standard InChI is InChI=1S/C13H22N2OS/c1-4-10-5-6-11(17-10)8-15-13(16)12(14)7-9(2)3/h5-6,9,12H,4,7-8,14H2,1-3H3,(H,15,16)/t12-/m1/s1. The average molecular weight is 254 g/mol. The molecule has 0 fully saturated rings. The van der Waals surface area contributed by atoms with Gasteiger partial charge in [-0.05, 0) is 30.9 Å². The van der Waals surface area contributed by atoms with Crippen LogP contribution >= 0.6 is 11.3 Å². The van der Waals surface area contributed by atoms with Crippen LogP contribution in [0.3, 0.4) is 0 Å². The maximum atomic E-state index is 11.7. The molecule has 3 N–H and O–H groups in total. The van der Waals surface area contributed by atoms with Crippen molar-refractivity contribution in [3.8, 4) is 0 Å². The Morgan fingerprint density at radius 2 is 2.06 bits per heavy atom. The lowest BCUT2D eigenvalue weighted by molar-refractivity contribution is -0.122. The van der Waals surface area contributed by atoms with Crippen molar-refractivity contribution in [1.82, 2.24) is 5.32 Å². The van der Waals surface area contributed by atoms with Gasteiger partial charge in [-0.3, -0.25) is 4.79 Å². The van der Waals surface area contributed by atoms with Crippen LogP contribution in [0, 0.1) is 5.92 Å². The van der Waals surface area contributed by atoms with E-state index in [1.807, 2.05) is 0 Å². The molecule has 96 valence electrons. The second-order valence-electron chi connectivity index (χ2n) is 4.68. The van der Waals surface area contributed by atoms with Gasteiger partial charge in [-0.15, -0.1) is 11.3 Å². The maximum absolute atomic E-state index is 11.7. The van der Waals surface area contributed by atoms with Crippen molar-refractivity contribution in [3.05, 3.63) is 21.9 Å². The SMILES string of the molecule is CCc1ccc(CNC(=O)[C@H](N)CC(C)C)s1. The highest BCUT2D eigenvalue weighted by molar-refractivity contribution is 7.11. The molecule has 0 aromatic carbocycles. The van der Waals surface area contributed by atoms with E-state index in [1.165, 1.54) is 9.75 Å². The first-order chi connectivity index (χ1) is 8.02. The Balaban J connectivity index is 2.37. The van der Waals surface area contributed by atoms with Crippen LogP contribution in [-0.2, 0) is 17.8 Å². The zero-order valence-electron chi connectivity index (χ0n) is 10.8. The topological polar surface area (TPSA) is 55.1 Å². The van der Waals surface area contributed by atoms with Gasteiger partial charge in [0.1, 0.15) is 0 Å². The quantitative estimate of drug-likeness (QED) is 0.818. The summed E-state index contributed by atoms with van der Waals surface area (Å²) < 4.78 is 0. The summed E-state index contributed by atoms with van der Waals surface area (Å²) in [4.78, 5) is 14.2. The van der Waals surface area contributed by atoms with Crippen molar-refractivity contribution in [2.75, 3.05) is 0 Å². The Morgan fingerprint density at radius 1 is 1.41 bits per heavy atom. The molecule has 1 amide bonds. The summed E-state index contributed by atoms with van der Waals surface area (Å²) >= 11 is 1.74. The summed E-state index contributed by atoms with van der Waals surface area (Å²) in [6.45, 7) is 6.86. The monoisotopic (exact) mass is 254 g/mol. The van der Waals surface area contributed by atoms with E-state index < -0.39 is 0 Å². The number of carbonyl (C=O) groups excluding carboxylic acids is 1. The molecule has 1 aromatic rings. The highest BCUT2D eigenvalue weighted by atomic mass is 32.1. The lowest BCUT2D eigenvalue weighted by atomic mass is 10.0. The van der Waals surface area contributed by atoms with E-state index in [2.05, 4.69) is 38.2 Å². The van der Waals surface area contributed by atoms with E-state index in [-0.39, 0.29) is 11.9 Å². The molecule has 0 aliphatic carbocycles. The van der Waals surface area contributed by atoms with Crippen LogP contribution in [0.2, 0.25) is 0 Å². The van der Waals surface area contributed by atoms with E-state index in [0.29, 0.717) is 12.5 Å². The van der Waals surface area contributed by atoms with Crippen molar-refractivity contribution in [1.29, 1.82) is 0 Å². The molecular weight excluding hydrogens is 232 g/mol. The molecule has 0 aliphatic heterocycles. The molecule has 3 nitrogen and oxygen atoms in total. The Bertz CT molecular complexity index is 360. The third-order valence-corrected chi connectivity index (χ3v) is 3.79. The molecule has 1 heterocycles. The predicted octanol–water partition coefficient (Wildman–Crippen LogP) is 2.30. The zero-order valence-corrected chi connectivity index (χ0v) is 11.6. The first-order valence-corrected chi connectivity index (χ1v) is 6.95. The first kappa shape index (κ1) is 14.2. The molecule has 17 heavy (non-hydrogen) atoms. The number of hydrogen-bond acceptors (Lipinski definition) is 3. The van der Waals surface area contributed by atoms with Gasteiger partial charge in [0.25, 0.3) is 0 Å². The van der Waals surface area contributed by atoms with Gasteiger partial charge in [0, 0.05) is 9.75 Å². The fourth-order valence-corrected chi connectivity index (χ4v) is 2.53. The van der Waals surface area contributed by atoms with Crippen LogP contribution in [0.25, 0.3) is 0 Å². The van der Waals surface area contributed by atoms with E-state index in [0.717, 1.165) is 12.8 Å². The molecule has 4 heteroatoms. The van der Waals surface area contributed by atoms with E-state index in [1.54, 1.807) is 11.3 Å².